The molecule has 0 radical (unpaired) electrons. The number of rotatable bonds is 5. The maximum Gasteiger partial charge on any atom is 0.328 e. The highest BCUT2D eigenvalue weighted by atomic mass is 16.5. The summed E-state index contributed by atoms with van der Waals surface area (Å²) in [4.78, 5) is 38.6. The predicted molar refractivity (Wildman–Crippen MR) is 106 cm³/mol. The molecule has 0 saturated carbocycles. The van der Waals surface area contributed by atoms with Gasteiger partial charge in [-0.05, 0) is 50.5 Å². The van der Waals surface area contributed by atoms with E-state index in [1.165, 1.54) is 6.92 Å². The third-order valence-corrected chi connectivity index (χ3v) is 4.73. The van der Waals surface area contributed by atoms with Crippen molar-refractivity contribution in [2.45, 2.75) is 32.7 Å². The molecule has 0 bridgehead atoms. The lowest BCUT2D eigenvalue weighted by molar-refractivity contribution is -0.149. The molecule has 2 aromatic carbocycles. The van der Waals surface area contributed by atoms with Crippen LogP contribution in [-0.4, -0.2) is 37.0 Å². The number of anilines is 1. The van der Waals surface area contributed by atoms with Crippen molar-refractivity contribution < 1.29 is 19.1 Å². The average Bonchev–Trinajstić information content (AvgIpc) is 2.71. The number of fused-ring (bicyclic) bond motifs is 1. The molecule has 28 heavy (non-hydrogen) atoms. The number of nitrogens with zero attached hydrogens (tertiary/aromatic N) is 1. The molecule has 3 rings (SSSR count). The van der Waals surface area contributed by atoms with Gasteiger partial charge in [-0.25, -0.2) is 4.79 Å². The Labute approximate surface area is 164 Å². The van der Waals surface area contributed by atoms with Gasteiger partial charge in [0.2, 0.25) is 0 Å². The van der Waals surface area contributed by atoms with Crippen LogP contribution in [-0.2, 0) is 20.7 Å². The maximum atomic E-state index is 12.5. The van der Waals surface area contributed by atoms with E-state index >= 15 is 0 Å². The maximum absolute atomic E-state index is 12.5. The molecule has 6 heteroatoms. The van der Waals surface area contributed by atoms with Crippen LogP contribution < -0.4 is 10.2 Å². The number of benzene rings is 2. The van der Waals surface area contributed by atoms with Gasteiger partial charge < -0.3 is 15.0 Å². The van der Waals surface area contributed by atoms with Crippen molar-refractivity contribution in [1.82, 2.24) is 5.32 Å². The molecule has 146 valence electrons. The molecular weight excluding hydrogens is 356 g/mol. The molecule has 2 aromatic rings. The molecule has 0 unspecified atom stereocenters. The number of carbonyl (C=O) groups is 3. The predicted octanol–water partition coefficient (Wildman–Crippen LogP) is 2.64. The van der Waals surface area contributed by atoms with Crippen molar-refractivity contribution in [3.05, 3.63) is 65.2 Å². The van der Waals surface area contributed by atoms with E-state index in [-0.39, 0.29) is 18.4 Å². The van der Waals surface area contributed by atoms with E-state index in [1.807, 2.05) is 37.3 Å². The molecule has 1 heterocycles. The van der Waals surface area contributed by atoms with Crippen molar-refractivity contribution in [3.8, 4) is 0 Å². The number of esters is 1. The fraction of sp³-hybridized carbons (Fsp3) is 0.318. The number of ether oxygens (including phenoxy) is 1. The summed E-state index contributed by atoms with van der Waals surface area (Å²) in [5.74, 6) is -1.26. The Morgan fingerprint density at radius 2 is 1.93 bits per heavy atom. The van der Waals surface area contributed by atoms with Crippen LogP contribution in [0.3, 0.4) is 0 Å². The second-order valence-electron chi connectivity index (χ2n) is 6.95. The van der Waals surface area contributed by atoms with Gasteiger partial charge in [0.1, 0.15) is 6.04 Å². The second-order valence-corrected chi connectivity index (χ2v) is 6.95. The average molecular weight is 380 g/mol. The summed E-state index contributed by atoms with van der Waals surface area (Å²) in [6, 6.07) is 14.0. The number of nitrogens with one attached hydrogen (secondary N) is 1. The standard InChI is InChI=1S/C22H24N2O4/c1-15-7-5-9-18(13-15)21(26)23-16(2)22(27)28-14-20(25)24-12-6-10-17-8-3-4-11-19(17)24/h3-5,7-9,11,13,16H,6,10,12,14H2,1-2H3,(H,23,26)/t16-/m1/s1. The number of amides is 2. The van der Waals surface area contributed by atoms with Crippen LogP contribution in [0.4, 0.5) is 5.69 Å². The molecule has 1 aliphatic rings. The summed E-state index contributed by atoms with van der Waals surface area (Å²) in [7, 11) is 0. The van der Waals surface area contributed by atoms with E-state index in [0.717, 1.165) is 29.7 Å². The van der Waals surface area contributed by atoms with Crippen LogP contribution >= 0.6 is 0 Å². The summed E-state index contributed by atoms with van der Waals surface area (Å²) in [5.41, 5.74) is 3.42. The van der Waals surface area contributed by atoms with E-state index in [2.05, 4.69) is 5.32 Å². The van der Waals surface area contributed by atoms with E-state index < -0.39 is 12.0 Å². The lowest BCUT2D eigenvalue weighted by Crippen LogP contribution is -2.42. The van der Waals surface area contributed by atoms with Crippen LogP contribution in [0.25, 0.3) is 0 Å². The normalized spacial score (nSPS) is 14.0. The van der Waals surface area contributed by atoms with Crippen molar-refractivity contribution in [2.24, 2.45) is 0 Å². The minimum Gasteiger partial charge on any atom is -0.454 e. The molecule has 0 aliphatic carbocycles. The Hall–Kier alpha value is -3.15. The Balaban J connectivity index is 1.54. The van der Waals surface area contributed by atoms with Crippen LogP contribution in [0.1, 0.15) is 34.8 Å². The van der Waals surface area contributed by atoms with Crippen molar-refractivity contribution >= 4 is 23.5 Å². The number of carbonyl (C=O) groups excluding carboxylic acids is 3. The lowest BCUT2D eigenvalue weighted by Gasteiger charge is -2.29. The van der Waals surface area contributed by atoms with Crippen molar-refractivity contribution in [2.75, 3.05) is 18.1 Å². The molecule has 1 aliphatic heterocycles. The Morgan fingerprint density at radius 1 is 1.14 bits per heavy atom. The van der Waals surface area contributed by atoms with Crippen LogP contribution in [0.2, 0.25) is 0 Å². The number of hydrogen-bond acceptors (Lipinski definition) is 4. The Bertz CT molecular complexity index is 894. The van der Waals surface area contributed by atoms with Gasteiger partial charge in [0.25, 0.3) is 11.8 Å². The quantitative estimate of drug-likeness (QED) is 0.809. The van der Waals surface area contributed by atoms with Crippen molar-refractivity contribution in [1.29, 1.82) is 0 Å². The fourth-order valence-electron chi connectivity index (χ4n) is 3.25. The lowest BCUT2D eigenvalue weighted by atomic mass is 10.0. The molecule has 0 spiro atoms. The van der Waals surface area contributed by atoms with Gasteiger partial charge >= 0.3 is 5.97 Å². The zero-order valence-electron chi connectivity index (χ0n) is 16.1. The van der Waals surface area contributed by atoms with E-state index in [1.54, 1.807) is 23.1 Å². The highest BCUT2D eigenvalue weighted by molar-refractivity contribution is 5.98. The minimum absolute atomic E-state index is 0.266. The van der Waals surface area contributed by atoms with E-state index in [9.17, 15) is 14.4 Å². The van der Waals surface area contributed by atoms with Crippen molar-refractivity contribution in [3.63, 3.8) is 0 Å². The van der Waals surface area contributed by atoms with Crippen LogP contribution in [0.5, 0.6) is 0 Å². The first-order chi connectivity index (χ1) is 13.5. The minimum atomic E-state index is -0.852. The molecule has 2 amide bonds. The number of para-hydroxylation sites is 1. The monoisotopic (exact) mass is 380 g/mol. The van der Waals surface area contributed by atoms with Crippen LogP contribution in [0.15, 0.2) is 48.5 Å². The zero-order valence-corrected chi connectivity index (χ0v) is 16.1. The highest BCUT2D eigenvalue weighted by Gasteiger charge is 2.24. The third kappa shape index (κ3) is 4.57. The molecule has 0 aromatic heterocycles. The molecule has 6 nitrogen and oxygen atoms in total. The molecule has 0 fully saturated rings. The largest absolute Gasteiger partial charge is 0.454 e. The van der Waals surface area contributed by atoms with Gasteiger partial charge in [0, 0.05) is 17.8 Å². The first-order valence-corrected chi connectivity index (χ1v) is 9.38. The topological polar surface area (TPSA) is 75.7 Å². The van der Waals surface area contributed by atoms with Gasteiger partial charge in [-0.15, -0.1) is 0 Å². The summed E-state index contributed by atoms with van der Waals surface area (Å²) in [5, 5.41) is 2.60. The molecule has 0 saturated heterocycles. The Kier molecular flexibility index (Phi) is 6.09. The van der Waals surface area contributed by atoms with Gasteiger partial charge in [-0.3, -0.25) is 9.59 Å². The molecule has 1 atom stereocenters. The number of hydrogen-bond donors (Lipinski definition) is 1. The molecule has 1 N–H and O–H groups in total. The SMILES string of the molecule is Cc1cccc(C(=O)N[C@H](C)C(=O)OCC(=O)N2CCCc3ccccc32)c1. The van der Waals surface area contributed by atoms with Gasteiger partial charge in [0.05, 0.1) is 0 Å². The molecular formula is C22H24N2O4. The van der Waals surface area contributed by atoms with Gasteiger partial charge in [-0.2, -0.15) is 0 Å². The van der Waals surface area contributed by atoms with Crippen LogP contribution in [0, 0.1) is 6.92 Å². The summed E-state index contributed by atoms with van der Waals surface area (Å²) < 4.78 is 5.15. The van der Waals surface area contributed by atoms with Gasteiger partial charge in [0.15, 0.2) is 6.61 Å². The summed E-state index contributed by atoms with van der Waals surface area (Å²) in [6.45, 7) is 3.68. The van der Waals surface area contributed by atoms with E-state index in [4.69, 9.17) is 4.74 Å². The second kappa shape index (κ2) is 8.69. The third-order valence-electron chi connectivity index (χ3n) is 4.73. The Morgan fingerprint density at radius 3 is 2.71 bits per heavy atom. The number of aryl methyl sites for hydroxylation is 2. The summed E-state index contributed by atoms with van der Waals surface area (Å²) >= 11 is 0. The zero-order chi connectivity index (χ0) is 20.1. The fourth-order valence-corrected chi connectivity index (χ4v) is 3.25. The van der Waals surface area contributed by atoms with Gasteiger partial charge in [-0.1, -0.05) is 35.9 Å². The smallest absolute Gasteiger partial charge is 0.328 e. The summed E-state index contributed by atoms with van der Waals surface area (Å²) in [6.07, 6.45) is 1.81. The first kappa shape index (κ1) is 19.6. The first-order valence-electron chi connectivity index (χ1n) is 9.38. The van der Waals surface area contributed by atoms with E-state index in [0.29, 0.717) is 12.1 Å². The highest BCUT2D eigenvalue weighted by Crippen LogP contribution is 2.26.